The fourth-order valence-corrected chi connectivity index (χ4v) is 5.25. The lowest BCUT2D eigenvalue weighted by Crippen LogP contribution is -2.33. The van der Waals surface area contributed by atoms with Crippen molar-refractivity contribution in [1.29, 1.82) is 5.26 Å². The number of rotatable bonds is 5. The van der Waals surface area contributed by atoms with E-state index >= 15 is 0 Å². The van der Waals surface area contributed by atoms with Crippen LogP contribution in [0.15, 0.2) is 63.4 Å². The molecule has 0 saturated heterocycles. The van der Waals surface area contributed by atoms with E-state index in [0.717, 1.165) is 32.7 Å². The number of nitriles is 1. The standard InChI is InChI=1S/C26H25BrN2O4/c1-14-19(13-28)25(18-11-23(32-3)24(33-4)12-20(18)27)26-21(29-14)9-16(10-22(26)30)15-5-7-17(31-2)8-6-15/h5-8,11-12,16,25,29H,9-10H2,1-4H3/t16-,25-/m0/s1. The lowest BCUT2D eigenvalue weighted by atomic mass is 9.72. The molecule has 0 radical (unpaired) electrons. The molecule has 1 heterocycles. The van der Waals surface area contributed by atoms with Gasteiger partial charge in [-0.1, -0.05) is 28.1 Å². The molecule has 33 heavy (non-hydrogen) atoms. The Kier molecular flexibility index (Phi) is 6.48. The number of allylic oxidation sites excluding steroid dienone is 4. The first-order valence-corrected chi connectivity index (χ1v) is 11.4. The highest BCUT2D eigenvalue weighted by Crippen LogP contribution is 2.48. The molecule has 7 heteroatoms. The van der Waals surface area contributed by atoms with Crippen LogP contribution in [0.4, 0.5) is 0 Å². The Balaban J connectivity index is 1.80. The highest BCUT2D eigenvalue weighted by Gasteiger charge is 2.40. The summed E-state index contributed by atoms with van der Waals surface area (Å²) in [7, 11) is 4.78. The first kappa shape index (κ1) is 22.9. The number of Topliss-reactive ketones (excluding diaryl/α,β-unsaturated/α-hetero) is 1. The fraction of sp³-hybridized carbons (Fsp3) is 0.308. The van der Waals surface area contributed by atoms with Crippen molar-refractivity contribution in [2.24, 2.45) is 0 Å². The van der Waals surface area contributed by atoms with E-state index in [0.29, 0.717) is 35.5 Å². The van der Waals surface area contributed by atoms with Gasteiger partial charge in [-0.3, -0.25) is 4.79 Å². The van der Waals surface area contributed by atoms with Crippen molar-refractivity contribution < 1.29 is 19.0 Å². The number of carbonyl (C=O) groups excluding carboxylic acids is 1. The quantitative estimate of drug-likeness (QED) is 0.585. The average Bonchev–Trinajstić information content (AvgIpc) is 2.83. The van der Waals surface area contributed by atoms with Crippen molar-refractivity contribution >= 4 is 21.7 Å². The number of carbonyl (C=O) groups is 1. The summed E-state index contributed by atoms with van der Waals surface area (Å²) in [6, 6.07) is 13.8. The number of halogens is 1. The highest BCUT2D eigenvalue weighted by molar-refractivity contribution is 9.10. The number of nitrogens with zero attached hydrogens (tertiary/aromatic N) is 1. The summed E-state index contributed by atoms with van der Waals surface area (Å²) in [6.07, 6.45) is 1.07. The number of ketones is 1. The maximum Gasteiger partial charge on any atom is 0.162 e. The Labute approximate surface area is 202 Å². The second-order valence-corrected chi connectivity index (χ2v) is 8.99. The number of hydrogen-bond donors (Lipinski definition) is 1. The molecular weight excluding hydrogens is 484 g/mol. The largest absolute Gasteiger partial charge is 0.497 e. The molecule has 6 nitrogen and oxygen atoms in total. The van der Waals surface area contributed by atoms with Crippen LogP contribution in [-0.4, -0.2) is 27.1 Å². The second-order valence-electron chi connectivity index (χ2n) is 8.13. The summed E-state index contributed by atoms with van der Waals surface area (Å²) in [5.74, 6) is 1.52. The van der Waals surface area contributed by atoms with E-state index in [9.17, 15) is 10.1 Å². The van der Waals surface area contributed by atoms with Crippen LogP contribution < -0.4 is 19.5 Å². The van der Waals surface area contributed by atoms with E-state index in [1.165, 1.54) is 0 Å². The molecule has 0 amide bonds. The van der Waals surface area contributed by atoms with Crippen molar-refractivity contribution in [2.45, 2.75) is 31.6 Å². The van der Waals surface area contributed by atoms with E-state index in [-0.39, 0.29) is 11.7 Å². The molecule has 4 rings (SSSR count). The van der Waals surface area contributed by atoms with Gasteiger partial charge in [-0.05, 0) is 54.7 Å². The van der Waals surface area contributed by atoms with Gasteiger partial charge in [0, 0.05) is 27.9 Å². The van der Waals surface area contributed by atoms with Crippen LogP contribution >= 0.6 is 15.9 Å². The summed E-state index contributed by atoms with van der Waals surface area (Å²) in [5, 5.41) is 13.4. The van der Waals surface area contributed by atoms with Gasteiger partial charge in [-0.25, -0.2) is 0 Å². The minimum atomic E-state index is -0.482. The van der Waals surface area contributed by atoms with Gasteiger partial charge >= 0.3 is 0 Å². The third-order valence-electron chi connectivity index (χ3n) is 6.35. The zero-order valence-electron chi connectivity index (χ0n) is 19.0. The fourth-order valence-electron chi connectivity index (χ4n) is 4.70. The van der Waals surface area contributed by atoms with Crippen LogP contribution in [0.25, 0.3) is 0 Å². The van der Waals surface area contributed by atoms with Crippen molar-refractivity contribution in [1.82, 2.24) is 5.32 Å². The third kappa shape index (κ3) is 4.11. The summed E-state index contributed by atoms with van der Waals surface area (Å²) in [4.78, 5) is 13.6. The molecule has 0 bridgehead atoms. The van der Waals surface area contributed by atoms with Gasteiger partial charge in [0.25, 0.3) is 0 Å². The van der Waals surface area contributed by atoms with Crippen LogP contribution in [0, 0.1) is 11.3 Å². The monoisotopic (exact) mass is 508 g/mol. The number of ether oxygens (including phenoxy) is 3. The van der Waals surface area contributed by atoms with Gasteiger partial charge < -0.3 is 19.5 Å². The summed E-state index contributed by atoms with van der Waals surface area (Å²) >= 11 is 3.63. The molecule has 2 aromatic rings. The van der Waals surface area contributed by atoms with Gasteiger partial charge in [0.15, 0.2) is 17.3 Å². The molecule has 0 saturated carbocycles. The minimum absolute atomic E-state index is 0.0384. The van der Waals surface area contributed by atoms with E-state index in [1.54, 1.807) is 21.3 Å². The molecule has 170 valence electrons. The molecule has 2 aromatic carbocycles. The smallest absolute Gasteiger partial charge is 0.162 e. The number of benzene rings is 2. The number of methoxy groups -OCH3 is 3. The van der Waals surface area contributed by atoms with Crippen molar-refractivity contribution in [2.75, 3.05) is 21.3 Å². The predicted octanol–water partition coefficient (Wildman–Crippen LogP) is 5.36. The predicted molar refractivity (Wildman–Crippen MR) is 128 cm³/mol. The molecule has 2 atom stereocenters. The van der Waals surface area contributed by atoms with Gasteiger partial charge in [0.1, 0.15) is 5.75 Å². The van der Waals surface area contributed by atoms with Crippen LogP contribution in [0.3, 0.4) is 0 Å². The van der Waals surface area contributed by atoms with Crippen LogP contribution in [0.5, 0.6) is 17.2 Å². The lowest BCUT2D eigenvalue weighted by molar-refractivity contribution is -0.116. The molecule has 0 spiro atoms. The SMILES string of the molecule is COc1ccc([C@@H]2CC(=O)C3=C(C2)NC(C)=C(C#N)[C@@H]3c2cc(OC)c(OC)cc2Br)cc1. The van der Waals surface area contributed by atoms with E-state index in [1.807, 2.05) is 43.3 Å². The highest BCUT2D eigenvalue weighted by atomic mass is 79.9. The molecule has 1 N–H and O–H groups in total. The van der Waals surface area contributed by atoms with Crippen LogP contribution in [-0.2, 0) is 4.79 Å². The van der Waals surface area contributed by atoms with Crippen LogP contribution in [0.2, 0.25) is 0 Å². The third-order valence-corrected chi connectivity index (χ3v) is 7.04. The molecule has 0 unspecified atom stereocenters. The van der Waals surface area contributed by atoms with Crippen LogP contribution in [0.1, 0.15) is 42.7 Å². The van der Waals surface area contributed by atoms with Gasteiger partial charge in [-0.15, -0.1) is 0 Å². The molecule has 1 aliphatic heterocycles. The Morgan fingerprint density at radius 1 is 1.03 bits per heavy atom. The first-order chi connectivity index (χ1) is 15.9. The van der Waals surface area contributed by atoms with Gasteiger partial charge in [0.2, 0.25) is 0 Å². The Morgan fingerprint density at radius 2 is 1.70 bits per heavy atom. The average molecular weight is 509 g/mol. The molecule has 0 fully saturated rings. The maximum absolute atomic E-state index is 13.6. The molecule has 1 aliphatic carbocycles. The first-order valence-electron chi connectivity index (χ1n) is 10.6. The summed E-state index contributed by atoms with van der Waals surface area (Å²) < 4.78 is 16.9. The molecule has 2 aliphatic rings. The number of nitrogens with one attached hydrogen (secondary N) is 1. The zero-order valence-corrected chi connectivity index (χ0v) is 20.6. The van der Waals surface area contributed by atoms with Crippen molar-refractivity contribution in [3.63, 3.8) is 0 Å². The van der Waals surface area contributed by atoms with E-state index < -0.39 is 5.92 Å². The Morgan fingerprint density at radius 3 is 2.30 bits per heavy atom. The van der Waals surface area contributed by atoms with Crippen molar-refractivity contribution in [3.8, 4) is 23.3 Å². The lowest BCUT2D eigenvalue weighted by Gasteiger charge is -2.36. The zero-order chi connectivity index (χ0) is 23.7. The second kappa shape index (κ2) is 9.32. The van der Waals surface area contributed by atoms with Crippen molar-refractivity contribution in [3.05, 3.63) is 74.5 Å². The van der Waals surface area contributed by atoms with E-state index in [2.05, 4.69) is 27.3 Å². The topological polar surface area (TPSA) is 80.6 Å². The summed E-state index contributed by atoms with van der Waals surface area (Å²) in [5.41, 5.74) is 4.69. The molecule has 0 aromatic heterocycles. The summed E-state index contributed by atoms with van der Waals surface area (Å²) in [6.45, 7) is 1.88. The van der Waals surface area contributed by atoms with E-state index in [4.69, 9.17) is 14.2 Å². The Hall–Kier alpha value is -3.24. The maximum atomic E-state index is 13.6. The minimum Gasteiger partial charge on any atom is -0.497 e. The number of hydrogen-bond acceptors (Lipinski definition) is 6. The molecular formula is C26H25BrN2O4. The van der Waals surface area contributed by atoms with Gasteiger partial charge in [-0.2, -0.15) is 5.26 Å². The normalized spacial score (nSPS) is 20.1. The van der Waals surface area contributed by atoms with Gasteiger partial charge in [0.05, 0.1) is 38.9 Å². The number of dihydropyridines is 1. The Bertz CT molecular complexity index is 1210.